The number of benzene rings is 2. The molecule has 0 radical (unpaired) electrons. The lowest BCUT2D eigenvalue weighted by Crippen LogP contribution is -2.45. The Labute approximate surface area is 209 Å². The van der Waals surface area contributed by atoms with Crippen LogP contribution in [0.5, 0.6) is 5.75 Å². The van der Waals surface area contributed by atoms with E-state index in [9.17, 15) is 14.4 Å². The van der Waals surface area contributed by atoms with Gasteiger partial charge in [-0.05, 0) is 36.2 Å². The van der Waals surface area contributed by atoms with Crippen LogP contribution in [0, 0.1) is 0 Å². The summed E-state index contributed by atoms with van der Waals surface area (Å²) in [5, 5.41) is 8.56. The molecule has 184 valence electrons. The van der Waals surface area contributed by atoms with Gasteiger partial charge in [0.25, 0.3) is 11.8 Å². The van der Waals surface area contributed by atoms with Crippen LogP contribution < -0.4 is 25.4 Å². The lowest BCUT2D eigenvalue weighted by molar-refractivity contribution is -0.753. The second kappa shape index (κ2) is 11.5. The standard InChI is InChI=1S/C25H28ClN5O4/c1-5-20-22(26)23(31(4)30(20)3)25(34)28-14-16-10-12-17(13-11-16)35-15-21(32)29-19-9-7-6-8-18(19)24(33)27-2/h6-13H,5,14-15H2,1-4H3,(H2-,27,28,29,32,33,34)/p+1. The van der Waals surface area contributed by atoms with Gasteiger partial charge in [-0.15, -0.1) is 4.68 Å². The Morgan fingerprint density at radius 1 is 1.06 bits per heavy atom. The molecule has 0 saturated carbocycles. The number of hydrogen-bond acceptors (Lipinski definition) is 4. The van der Waals surface area contributed by atoms with Crippen molar-refractivity contribution in [1.82, 2.24) is 15.3 Å². The first-order valence-corrected chi connectivity index (χ1v) is 11.5. The van der Waals surface area contributed by atoms with Crippen LogP contribution >= 0.6 is 11.6 Å². The maximum absolute atomic E-state index is 12.7. The van der Waals surface area contributed by atoms with Crippen molar-refractivity contribution in [1.29, 1.82) is 0 Å². The van der Waals surface area contributed by atoms with Crippen LogP contribution in [0.25, 0.3) is 0 Å². The van der Waals surface area contributed by atoms with Gasteiger partial charge in [0.1, 0.15) is 16.5 Å². The van der Waals surface area contributed by atoms with E-state index in [0.717, 1.165) is 17.7 Å². The number of ether oxygens (including phenoxy) is 1. The zero-order chi connectivity index (χ0) is 25.5. The first-order valence-electron chi connectivity index (χ1n) is 11.1. The van der Waals surface area contributed by atoms with Crippen LogP contribution in [-0.2, 0) is 31.9 Å². The molecule has 10 heteroatoms. The van der Waals surface area contributed by atoms with Crippen LogP contribution in [0.3, 0.4) is 0 Å². The highest BCUT2D eigenvalue weighted by Crippen LogP contribution is 2.20. The normalized spacial score (nSPS) is 10.5. The Hall–Kier alpha value is -3.85. The molecule has 0 spiro atoms. The van der Waals surface area contributed by atoms with Crippen LogP contribution in [0.1, 0.15) is 39.0 Å². The molecule has 0 saturated heterocycles. The summed E-state index contributed by atoms with van der Waals surface area (Å²) in [6.45, 7) is 2.07. The molecule has 35 heavy (non-hydrogen) atoms. The molecule has 3 amide bonds. The number of anilines is 1. The van der Waals surface area contributed by atoms with Crippen LogP contribution in [-0.4, -0.2) is 36.1 Å². The van der Waals surface area contributed by atoms with Gasteiger partial charge in [-0.1, -0.05) is 42.8 Å². The van der Waals surface area contributed by atoms with Gasteiger partial charge in [0, 0.05) is 13.6 Å². The van der Waals surface area contributed by atoms with Crippen molar-refractivity contribution in [2.75, 3.05) is 19.0 Å². The van der Waals surface area contributed by atoms with E-state index in [2.05, 4.69) is 16.0 Å². The maximum atomic E-state index is 12.7. The van der Waals surface area contributed by atoms with E-state index in [0.29, 0.717) is 34.3 Å². The van der Waals surface area contributed by atoms with Gasteiger partial charge in [0.15, 0.2) is 13.7 Å². The predicted octanol–water partition coefficient (Wildman–Crippen LogP) is 2.37. The largest absolute Gasteiger partial charge is 0.484 e. The Morgan fingerprint density at radius 3 is 2.37 bits per heavy atom. The Bertz CT molecular complexity index is 1240. The second-order valence-electron chi connectivity index (χ2n) is 7.80. The molecule has 0 bridgehead atoms. The zero-order valence-corrected chi connectivity index (χ0v) is 20.9. The third-order valence-electron chi connectivity index (χ3n) is 5.59. The van der Waals surface area contributed by atoms with E-state index in [1.54, 1.807) is 60.3 Å². The third-order valence-corrected chi connectivity index (χ3v) is 5.99. The number of aromatic nitrogens is 2. The van der Waals surface area contributed by atoms with Gasteiger partial charge in [-0.3, -0.25) is 14.4 Å². The zero-order valence-electron chi connectivity index (χ0n) is 20.1. The highest BCUT2D eigenvalue weighted by atomic mass is 35.5. The minimum Gasteiger partial charge on any atom is -0.484 e. The van der Waals surface area contributed by atoms with Gasteiger partial charge in [0.2, 0.25) is 0 Å². The highest BCUT2D eigenvalue weighted by Gasteiger charge is 2.29. The smallest absolute Gasteiger partial charge is 0.320 e. The molecule has 0 aliphatic heterocycles. The van der Waals surface area contributed by atoms with Crippen LogP contribution in [0.15, 0.2) is 48.5 Å². The van der Waals surface area contributed by atoms with Crippen LogP contribution in [0.4, 0.5) is 5.69 Å². The topological polar surface area (TPSA) is 105 Å². The van der Waals surface area contributed by atoms with Crippen molar-refractivity contribution >= 4 is 35.0 Å². The highest BCUT2D eigenvalue weighted by molar-refractivity contribution is 6.33. The lowest BCUT2D eigenvalue weighted by atomic mass is 10.1. The van der Waals surface area contributed by atoms with Gasteiger partial charge >= 0.3 is 11.6 Å². The molecule has 3 aromatic rings. The number of para-hydroxylation sites is 1. The van der Waals surface area contributed by atoms with E-state index in [1.165, 1.54) is 7.05 Å². The summed E-state index contributed by atoms with van der Waals surface area (Å²) in [6, 6.07) is 13.8. The molecule has 3 N–H and O–H groups in total. The fourth-order valence-electron chi connectivity index (χ4n) is 3.61. The molecular formula is C25H29ClN5O4+. The van der Waals surface area contributed by atoms with E-state index in [4.69, 9.17) is 16.3 Å². The lowest BCUT2D eigenvalue weighted by Gasteiger charge is -2.11. The summed E-state index contributed by atoms with van der Waals surface area (Å²) in [5.41, 5.74) is 2.94. The summed E-state index contributed by atoms with van der Waals surface area (Å²) in [5.74, 6) is -0.447. The molecule has 2 aromatic carbocycles. The van der Waals surface area contributed by atoms with Gasteiger partial charge in [0.05, 0.1) is 18.3 Å². The Morgan fingerprint density at radius 2 is 1.74 bits per heavy atom. The third kappa shape index (κ3) is 5.99. The summed E-state index contributed by atoms with van der Waals surface area (Å²) >= 11 is 6.40. The average Bonchev–Trinajstić information content (AvgIpc) is 3.08. The number of amides is 3. The van der Waals surface area contributed by atoms with Gasteiger partial charge in [-0.25, -0.2) is 0 Å². The van der Waals surface area contributed by atoms with Crippen molar-refractivity contribution in [3.63, 3.8) is 0 Å². The summed E-state index contributed by atoms with van der Waals surface area (Å²) < 4.78 is 9.14. The average molecular weight is 499 g/mol. The quantitative estimate of drug-likeness (QED) is 0.394. The van der Waals surface area contributed by atoms with E-state index >= 15 is 0 Å². The summed E-state index contributed by atoms with van der Waals surface area (Å²) in [6.07, 6.45) is 0.719. The van der Waals surface area contributed by atoms with Gasteiger partial charge in [-0.2, -0.15) is 4.68 Å². The van der Waals surface area contributed by atoms with Crippen molar-refractivity contribution in [3.05, 3.63) is 76.1 Å². The van der Waals surface area contributed by atoms with Gasteiger partial charge < -0.3 is 20.7 Å². The minimum atomic E-state index is -0.392. The van der Waals surface area contributed by atoms with Crippen molar-refractivity contribution in [3.8, 4) is 5.75 Å². The fourth-order valence-corrected chi connectivity index (χ4v) is 4.08. The SMILES string of the molecule is CCc1c(Cl)c(C(=O)NCc2ccc(OCC(=O)Nc3ccccc3C(=O)NC)cc2)[n+](C)n1C. The molecule has 3 rings (SSSR count). The number of hydrogen-bond donors (Lipinski definition) is 3. The van der Waals surface area contributed by atoms with Crippen molar-refractivity contribution < 1.29 is 23.8 Å². The number of nitrogens with zero attached hydrogens (tertiary/aromatic N) is 2. The molecule has 0 fully saturated rings. The van der Waals surface area contributed by atoms with Crippen molar-refractivity contribution in [2.24, 2.45) is 14.1 Å². The predicted molar refractivity (Wildman–Crippen MR) is 133 cm³/mol. The molecule has 1 aromatic heterocycles. The Kier molecular flexibility index (Phi) is 8.48. The second-order valence-corrected chi connectivity index (χ2v) is 8.18. The summed E-state index contributed by atoms with van der Waals surface area (Å²) in [4.78, 5) is 36.9. The molecule has 0 aliphatic carbocycles. The van der Waals surface area contributed by atoms with Crippen LogP contribution in [0.2, 0.25) is 5.02 Å². The van der Waals surface area contributed by atoms with E-state index in [1.807, 2.05) is 18.7 Å². The van der Waals surface area contributed by atoms with Crippen molar-refractivity contribution in [2.45, 2.75) is 19.9 Å². The van der Waals surface area contributed by atoms with E-state index < -0.39 is 5.91 Å². The number of rotatable bonds is 9. The number of halogens is 1. The monoisotopic (exact) mass is 498 g/mol. The molecule has 0 unspecified atom stereocenters. The first-order chi connectivity index (χ1) is 16.8. The molecule has 9 nitrogen and oxygen atoms in total. The molecule has 1 heterocycles. The first kappa shape index (κ1) is 25.8. The Balaban J connectivity index is 1.53. The molecule has 0 atom stereocenters. The fraction of sp³-hybridized carbons (Fsp3) is 0.280. The summed E-state index contributed by atoms with van der Waals surface area (Å²) in [7, 11) is 5.18. The minimum absolute atomic E-state index is 0.221. The number of carbonyl (C=O) groups is 3. The number of carbonyl (C=O) groups excluding carboxylic acids is 3. The molecule has 0 aliphatic rings. The number of nitrogens with one attached hydrogen (secondary N) is 3. The van der Waals surface area contributed by atoms with E-state index in [-0.39, 0.29) is 18.4 Å². The molecular weight excluding hydrogens is 470 g/mol. The maximum Gasteiger partial charge on any atom is 0.320 e.